The molecule has 2 aromatic carbocycles. The van der Waals surface area contributed by atoms with Crippen molar-refractivity contribution in [3.63, 3.8) is 0 Å². The van der Waals surface area contributed by atoms with E-state index in [9.17, 15) is 53.5 Å². The van der Waals surface area contributed by atoms with Crippen molar-refractivity contribution in [3.05, 3.63) is 59.7 Å². The summed E-state index contributed by atoms with van der Waals surface area (Å²) in [7, 11) is 0. The number of anilines is 2. The molecule has 0 saturated carbocycles. The lowest BCUT2D eigenvalue weighted by atomic mass is 10.1. The highest BCUT2D eigenvalue weighted by atomic mass is 19.4. The van der Waals surface area contributed by atoms with Crippen LogP contribution in [0.1, 0.15) is 11.1 Å². The second kappa shape index (κ2) is 8.31. The zero-order chi connectivity index (χ0) is 24.5. The van der Waals surface area contributed by atoms with Crippen LogP contribution in [0, 0.1) is 0 Å². The molecule has 0 aliphatic carbocycles. The molecule has 14 heteroatoms. The number of hydrogen-bond donors (Lipinski definition) is 2. The SMILES string of the molecule is O=C(Nc1ccccc1C(F)(F)F)C(F)(F)C(F)(F)C(=O)Nc1ccccc1C(F)(F)F. The number of amides is 2. The molecule has 0 unspecified atom stereocenters. The minimum Gasteiger partial charge on any atom is -0.320 e. The Kier molecular flexibility index (Phi) is 6.48. The summed E-state index contributed by atoms with van der Waals surface area (Å²) in [4.78, 5) is 23.3. The van der Waals surface area contributed by atoms with Crippen molar-refractivity contribution in [1.82, 2.24) is 0 Å². The maximum Gasteiger partial charge on any atom is 0.418 e. The molecule has 2 amide bonds. The summed E-state index contributed by atoms with van der Waals surface area (Å²) in [5, 5.41) is 1.94. The van der Waals surface area contributed by atoms with Gasteiger partial charge >= 0.3 is 36.0 Å². The Morgan fingerprint density at radius 1 is 0.531 bits per heavy atom. The molecule has 0 bridgehead atoms. The minimum atomic E-state index is -5.94. The molecular weight excluding hydrogens is 466 g/mol. The number of alkyl halides is 10. The van der Waals surface area contributed by atoms with E-state index in [0.29, 0.717) is 24.3 Å². The first kappa shape index (κ1) is 24.9. The molecule has 0 fully saturated rings. The highest BCUT2D eigenvalue weighted by molar-refractivity contribution is 6.06. The van der Waals surface area contributed by atoms with Crippen LogP contribution < -0.4 is 10.6 Å². The first-order chi connectivity index (χ1) is 14.5. The van der Waals surface area contributed by atoms with Crippen molar-refractivity contribution in [2.45, 2.75) is 24.2 Å². The predicted molar refractivity (Wildman–Crippen MR) is 90.0 cm³/mol. The van der Waals surface area contributed by atoms with Crippen LogP contribution in [0.25, 0.3) is 0 Å². The Morgan fingerprint density at radius 3 is 1.09 bits per heavy atom. The summed E-state index contributed by atoms with van der Waals surface area (Å²) in [6.45, 7) is 0. The van der Waals surface area contributed by atoms with Gasteiger partial charge in [-0.05, 0) is 24.3 Å². The van der Waals surface area contributed by atoms with Gasteiger partial charge in [0.2, 0.25) is 0 Å². The van der Waals surface area contributed by atoms with Crippen LogP contribution >= 0.6 is 0 Å². The molecule has 0 saturated heterocycles. The maximum atomic E-state index is 14.1. The van der Waals surface area contributed by atoms with E-state index in [2.05, 4.69) is 0 Å². The molecule has 0 aliphatic rings. The number of nitrogens with one attached hydrogen (secondary N) is 2. The van der Waals surface area contributed by atoms with Crippen LogP contribution in [0.15, 0.2) is 48.5 Å². The zero-order valence-corrected chi connectivity index (χ0v) is 15.2. The molecule has 4 nitrogen and oxygen atoms in total. The summed E-state index contributed by atoms with van der Waals surface area (Å²) in [5.41, 5.74) is -5.89. The second-order valence-corrected chi connectivity index (χ2v) is 6.14. The van der Waals surface area contributed by atoms with Crippen molar-refractivity contribution in [1.29, 1.82) is 0 Å². The first-order valence-electron chi connectivity index (χ1n) is 8.20. The molecule has 174 valence electrons. The predicted octanol–water partition coefficient (Wildman–Crippen LogP) is 5.57. The van der Waals surface area contributed by atoms with Crippen molar-refractivity contribution < 1.29 is 53.5 Å². The van der Waals surface area contributed by atoms with Crippen molar-refractivity contribution >= 4 is 23.2 Å². The van der Waals surface area contributed by atoms with Crippen LogP contribution in [0.2, 0.25) is 0 Å². The van der Waals surface area contributed by atoms with Crippen molar-refractivity contribution in [2.24, 2.45) is 0 Å². The zero-order valence-electron chi connectivity index (χ0n) is 15.2. The van der Waals surface area contributed by atoms with E-state index < -0.39 is 58.5 Å². The van der Waals surface area contributed by atoms with E-state index in [1.165, 1.54) is 0 Å². The molecule has 0 atom stereocenters. The minimum absolute atomic E-state index is 0.368. The number of benzene rings is 2. The number of carbonyl (C=O) groups is 2. The van der Waals surface area contributed by atoms with Gasteiger partial charge in [0, 0.05) is 0 Å². The van der Waals surface area contributed by atoms with Gasteiger partial charge in [0.1, 0.15) is 0 Å². The number of hydrogen-bond acceptors (Lipinski definition) is 2. The van der Waals surface area contributed by atoms with Crippen molar-refractivity contribution in [3.8, 4) is 0 Å². The van der Waals surface area contributed by atoms with Crippen LogP contribution in [-0.4, -0.2) is 23.7 Å². The second-order valence-electron chi connectivity index (χ2n) is 6.14. The molecule has 2 rings (SSSR count). The van der Waals surface area contributed by atoms with Crippen LogP contribution in [0.5, 0.6) is 0 Å². The van der Waals surface area contributed by atoms with E-state index >= 15 is 0 Å². The number of rotatable bonds is 5. The first-order valence-corrected chi connectivity index (χ1v) is 8.20. The maximum absolute atomic E-state index is 14.1. The highest BCUT2D eigenvalue weighted by Crippen LogP contribution is 2.40. The molecule has 0 spiro atoms. The van der Waals surface area contributed by atoms with Gasteiger partial charge in [-0.1, -0.05) is 24.3 Å². The molecule has 0 aliphatic heterocycles. The van der Waals surface area contributed by atoms with Gasteiger partial charge in [0.05, 0.1) is 22.5 Å². The third-order valence-corrected chi connectivity index (χ3v) is 3.93. The monoisotopic (exact) mass is 476 g/mol. The molecule has 32 heavy (non-hydrogen) atoms. The fourth-order valence-electron chi connectivity index (χ4n) is 2.37. The Hall–Kier alpha value is -3.32. The average Bonchev–Trinajstić information content (AvgIpc) is 2.66. The van der Waals surface area contributed by atoms with E-state index in [0.717, 1.165) is 34.9 Å². The fourth-order valence-corrected chi connectivity index (χ4v) is 2.37. The molecule has 0 heterocycles. The molecule has 2 N–H and O–H groups in total. The molecule has 0 radical (unpaired) electrons. The Bertz CT molecular complexity index is 934. The lowest BCUT2D eigenvalue weighted by Crippen LogP contribution is -2.56. The summed E-state index contributed by atoms with van der Waals surface area (Å²) < 4.78 is 134. The quantitative estimate of drug-likeness (QED) is 0.555. The van der Waals surface area contributed by atoms with Gasteiger partial charge in [-0.2, -0.15) is 43.9 Å². The Labute approximate surface area is 172 Å². The van der Waals surface area contributed by atoms with Crippen molar-refractivity contribution in [2.75, 3.05) is 10.6 Å². The largest absolute Gasteiger partial charge is 0.418 e. The van der Waals surface area contributed by atoms with Gasteiger partial charge < -0.3 is 10.6 Å². The topological polar surface area (TPSA) is 58.2 Å². The van der Waals surface area contributed by atoms with E-state index in [1.807, 2.05) is 0 Å². The van der Waals surface area contributed by atoms with Gasteiger partial charge in [-0.15, -0.1) is 0 Å². The lowest BCUT2D eigenvalue weighted by molar-refractivity contribution is -0.204. The van der Waals surface area contributed by atoms with Crippen LogP contribution in [0.4, 0.5) is 55.3 Å². The number of halogens is 10. The van der Waals surface area contributed by atoms with E-state index in [-0.39, 0.29) is 0 Å². The Morgan fingerprint density at radius 2 is 0.812 bits per heavy atom. The van der Waals surface area contributed by atoms with Gasteiger partial charge in [0.15, 0.2) is 0 Å². The summed E-state index contributed by atoms with van der Waals surface area (Å²) >= 11 is 0. The average molecular weight is 476 g/mol. The smallest absolute Gasteiger partial charge is 0.320 e. The Balaban J connectivity index is 2.32. The van der Waals surface area contributed by atoms with E-state index in [1.54, 1.807) is 0 Å². The molecule has 0 aromatic heterocycles. The van der Waals surface area contributed by atoms with E-state index in [4.69, 9.17) is 0 Å². The van der Waals surface area contributed by atoms with Gasteiger partial charge in [0.25, 0.3) is 0 Å². The summed E-state index contributed by atoms with van der Waals surface area (Å²) in [6.07, 6.45) is -10.3. The van der Waals surface area contributed by atoms with Gasteiger partial charge in [-0.3, -0.25) is 9.59 Å². The fraction of sp³-hybridized carbons (Fsp3) is 0.222. The number of carbonyl (C=O) groups excluding carboxylic acids is 2. The lowest BCUT2D eigenvalue weighted by Gasteiger charge is -2.25. The number of para-hydroxylation sites is 2. The molecule has 2 aromatic rings. The van der Waals surface area contributed by atoms with Gasteiger partial charge in [-0.25, -0.2) is 0 Å². The normalized spacial score (nSPS) is 12.9. The van der Waals surface area contributed by atoms with Crippen LogP contribution in [-0.2, 0) is 21.9 Å². The standard InChI is InChI=1S/C18H10F10N2O2/c19-15(20,13(31)29-11-7-3-1-5-9(11)17(23,24)25)16(21,22)14(32)30-12-8-4-2-6-10(12)18(26,27)28/h1-8H,(H,29,31)(H,30,32). The summed E-state index contributed by atoms with van der Waals surface area (Å²) in [6, 6.07) is 5.14. The third-order valence-electron chi connectivity index (χ3n) is 3.93. The molecular formula is C18H10F10N2O2. The third kappa shape index (κ3) is 4.94. The highest BCUT2D eigenvalue weighted by Gasteiger charge is 2.67. The van der Waals surface area contributed by atoms with Crippen LogP contribution in [0.3, 0.4) is 0 Å². The summed E-state index contributed by atoms with van der Waals surface area (Å²) in [5.74, 6) is -17.9.